The van der Waals surface area contributed by atoms with E-state index in [1.165, 1.54) is 12.1 Å². The van der Waals surface area contributed by atoms with Gasteiger partial charge in [0.2, 0.25) is 11.8 Å². The van der Waals surface area contributed by atoms with Gasteiger partial charge in [-0.05, 0) is 42.0 Å². The summed E-state index contributed by atoms with van der Waals surface area (Å²) in [6, 6.07) is 11.5. The van der Waals surface area contributed by atoms with E-state index in [0.29, 0.717) is 33.1 Å². The first-order valence-corrected chi connectivity index (χ1v) is 8.63. The van der Waals surface area contributed by atoms with Crippen LogP contribution in [0.15, 0.2) is 46.9 Å². The summed E-state index contributed by atoms with van der Waals surface area (Å²) in [5.74, 6) is 1.94. The molecule has 3 aromatic rings. The molecule has 0 amide bonds. The lowest BCUT2D eigenvalue weighted by molar-refractivity contribution is 0.528. The van der Waals surface area contributed by atoms with Crippen molar-refractivity contribution in [1.29, 1.82) is 0 Å². The quantitative estimate of drug-likeness (QED) is 0.586. The summed E-state index contributed by atoms with van der Waals surface area (Å²) in [6.07, 6.45) is 0. The lowest BCUT2D eigenvalue weighted by atomic mass is 10.2. The van der Waals surface area contributed by atoms with E-state index in [1.807, 2.05) is 12.1 Å². The van der Waals surface area contributed by atoms with Crippen molar-refractivity contribution in [3.63, 3.8) is 0 Å². The maximum atomic E-state index is 12.9. The molecule has 0 saturated carbocycles. The monoisotopic (exact) mass is 368 g/mol. The van der Waals surface area contributed by atoms with Crippen molar-refractivity contribution < 1.29 is 8.81 Å². The Morgan fingerprint density at radius 1 is 0.957 bits per heavy atom. The van der Waals surface area contributed by atoms with Crippen molar-refractivity contribution in [2.75, 3.05) is 0 Å². The summed E-state index contributed by atoms with van der Waals surface area (Å²) in [6.45, 7) is 0. The third-order valence-electron chi connectivity index (χ3n) is 3.04. The summed E-state index contributed by atoms with van der Waals surface area (Å²) in [4.78, 5) is 0. The van der Waals surface area contributed by atoms with Crippen LogP contribution in [-0.4, -0.2) is 10.2 Å². The molecule has 2 aromatic carbocycles. The lowest BCUT2D eigenvalue weighted by Gasteiger charge is -2.02. The first-order chi connectivity index (χ1) is 11.1. The molecule has 0 N–H and O–H groups in total. The molecule has 0 aliphatic rings. The Kier molecular flexibility index (Phi) is 5.20. The van der Waals surface area contributed by atoms with Gasteiger partial charge in [-0.3, -0.25) is 0 Å². The van der Waals surface area contributed by atoms with Gasteiger partial charge < -0.3 is 4.42 Å². The normalized spacial score (nSPS) is 10.9. The number of halogens is 3. The third kappa shape index (κ3) is 4.25. The van der Waals surface area contributed by atoms with E-state index in [0.717, 1.165) is 11.3 Å². The summed E-state index contributed by atoms with van der Waals surface area (Å²) in [5, 5.41) is 9.06. The Morgan fingerprint density at radius 3 is 2.48 bits per heavy atom. The molecule has 0 radical (unpaired) electrons. The second kappa shape index (κ2) is 7.34. The summed E-state index contributed by atoms with van der Waals surface area (Å²) in [5.41, 5.74) is 1.77. The molecular weight excluding hydrogens is 358 g/mol. The fourth-order valence-corrected chi connectivity index (χ4v) is 3.04. The Hall–Kier alpha value is -1.56. The van der Waals surface area contributed by atoms with Crippen molar-refractivity contribution in [2.45, 2.75) is 11.5 Å². The standard InChI is InChI=1S/C16H11Cl2FN2OS/c17-13-6-1-10(7-14(13)18)8-23-9-15-20-21-16(22-15)11-2-4-12(19)5-3-11/h1-7H,8-9H2. The van der Waals surface area contributed by atoms with Crippen LogP contribution < -0.4 is 0 Å². The molecule has 0 atom stereocenters. The number of benzene rings is 2. The van der Waals surface area contributed by atoms with E-state index in [2.05, 4.69) is 10.2 Å². The van der Waals surface area contributed by atoms with Crippen LogP contribution in [0.3, 0.4) is 0 Å². The molecule has 23 heavy (non-hydrogen) atoms. The minimum absolute atomic E-state index is 0.300. The van der Waals surface area contributed by atoms with E-state index in [9.17, 15) is 4.39 Å². The second-order valence-electron chi connectivity index (χ2n) is 4.75. The molecule has 0 unspecified atom stereocenters. The minimum Gasteiger partial charge on any atom is -0.420 e. The molecule has 0 spiro atoms. The average Bonchev–Trinajstić information content (AvgIpc) is 3.00. The van der Waals surface area contributed by atoms with Crippen molar-refractivity contribution in [1.82, 2.24) is 10.2 Å². The molecule has 0 saturated heterocycles. The number of rotatable bonds is 5. The van der Waals surface area contributed by atoms with Crippen LogP contribution in [-0.2, 0) is 11.5 Å². The molecule has 3 rings (SSSR count). The molecule has 1 aromatic heterocycles. The van der Waals surface area contributed by atoms with Crippen molar-refractivity contribution >= 4 is 35.0 Å². The zero-order chi connectivity index (χ0) is 16.2. The highest BCUT2D eigenvalue weighted by Crippen LogP contribution is 2.26. The van der Waals surface area contributed by atoms with Gasteiger partial charge in [-0.25, -0.2) is 4.39 Å². The Labute approximate surface area is 146 Å². The van der Waals surface area contributed by atoms with Gasteiger partial charge in [-0.15, -0.1) is 22.0 Å². The first-order valence-electron chi connectivity index (χ1n) is 6.72. The highest BCUT2D eigenvalue weighted by molar-refractivity contribution is 7.97. The smallest absolute Gasteiger partial charge is 0.247 e. The zero-order valence-corrected chi connectivity index (χ0v) is 14.1. The number of aromatic nitrogens is 2. The number of hydrogen-bond acceptors (Lipinski definition) is 4. The van der Waals surface area contributed by atoms with E-state index >= 15 is 0 Å². The van der Waals surface area contributed by atoms with E-state index in [1.54, 1.807) is 30.0 Å². The molecular formula is C16H11Cl2FN2OS. The Balaban J connectivity index is 1.59. The largest absolute Gasteiger partial charge is 0.420 e. The second-order valence-corrected chi connectivity index (χ2v) is 6.55. The van der Waals surface area contributed by atoms with Gasteiger partial charge in [-0.2, -0.15) is 0 Å². The maximum Gasteiger partial charge on any atom is 0.247 e. The van der Waals surface area contributed by atoms with Gasteiger partial charge >= 0.3 is 0 Å². The van der Waals surface area contributed by atoms with E-state index < -0.39 is 0 Å². The predicted octanol–water partition coefficient (Wildman–Crippen LogP) is 5.62. The molecule has 0 bridgehead atoms. The molecule has 1 heterocycles. The van der Waals surface area contributed by atoms with Gasteiger partial charge in [0.25, 0.3) is 0 Å². The van der Waals surface area contributed by atoms with Gasteiger partial charge in [0.15, 0.2) is 0 Å². The molecule has 0 aliphatic heterocycles. The summed E-state index contributed by atoms with van der Waals surface area (Å²) >= 11 is 13.5. The fraction of sp³-hybridized carbons (Fsp3) is 0.125. The van der Waals surface area contributed by atoms with Crippen molar-refractivity contribution in [3.8, 4) is 11.5 Å². The summed E-state index contributed by atoms with van der Waals surface area (Å²) < 4.78 is 18.5. The topological polar surface area (TPSA) is 38.9 Å². The molecule has 118 valence electrons. The van der Waals surface area contributed by atoms with Gasteiger partial charge in [0.05, 0.1) is 15.8 Å². The molecule has 0 aliphatic carbocycles. The van der Waals surface area contributed by atoms with E-state index in [-0.39, 0.29) is 5.82 Å². The number of nitrogens with zero attached hydrogens (tertiary/aromatic N) is 2. The van der Waals surface area contributed by atoms with Gasteiger partial charge in [0, 0.05) is 11.3 Å². The average molecular weight is 369 g/mol. The van der Waals surface area contributed by atoms with Crippen LogP contribution in [0.2, 0.25) is 10.0 Å². The van der Waals surface area contributed by atoms with Crippen molar-refractivity contribution in [3.05, 3.63) is 69.8 Å². The van der Waals surface area contributed by atoms with Crippen LogP contribution in [0, 0.1) is 5.82 Å². The van der Waals surface area contributed by atoms with Gasteiger partial charge in [0.1, 0.15) is 5.82 Å². The predicted molar refractivity (Wildman–Crippen MR) is 91.2 cm³/mol. The molecule has 7 heteroatoms. The number of hydrogen-bond donors (Lipinski definition) is 0. The molecule has 3 nitrogen and oxygen atoms in total. The Morgan fingerprint density at radius 2 is 1.74 bits per heavy atom. The van der Waals surface area contributed by atoms with Crippen LogP contribution >= 0.6 is 35.0 Å². The number of thioether (sulfide) groups is 1. The maximum absolute atomic E-state index is 12.9. The minimum atomic E-state index is -0.300. The Bertz CT molecular complexity index is 808. The zero-order valence-electron chi connectivity index (χ0n) is 11.8. The van der Waals surface area contributed by atoms with Crippen molar-refractivity contribution in [2.24, 2.45) is 0 Å². The van der Waals surface area contributed by atoms with E-state index in [4.69, 9.17) is 27.6 Å². The highest BCUT2D eigenvalue weighted by atomic mass is 35.5. The van der Waals surface area contributed by atoms with Crippen LogP contribution in [0.5, 0.6) is 0 Å². The van der Waals surface area contributed by atoms with Gasteiger partial charge in [-0.1, -0.05) is 29.3 Å². The summed E-state index contributed by atoms with van der Waals surface area (Å²) in [7, 11) is 0. The fourth-order valence-electron chi connectivity index (χ4n) is 1.91. The molecule has 0 fully saturated rings. The van der Waals surface area contributed by atoms with Crippen LogP contribution in [0.4, 0.5) is 4.39 Å². The first kappa shape index (κ1) is 16.3. The van der Waals surface area contributed by atoms with Crippen LogP contribution in [0.1, 0.15) is 11.5 Å². The SMILES string of the molecule is Fc1ccc(-c2nnc(CSCc3ccc(Cl)c(Cl)c3)o2)cc1. The lowest BCUT2D eigenvalue weighted by Crippen LogP contribution is -1.84. The highest BCUT2D eigenvalue weighted by Gasteiger charge is 2.09. The van der Waals surface area contributed by atoms with Crippen LogP contribution in [0.25, 0.3) is 11.5 Å². The third-order valence-corrected chi connectivity index (χ3v) is 4.76.